The van der Waals surface area contributed by atoms with Crippen molar-refractivity contribution in [1.29, 1.82) is 0 Å². The molecule has 4 aliphatic carbocycles. The SMILES string of the molecule is O=C1N(Cc2ccccc2)C(=O)[C@@]23C=C[C@@H](c4ccccc42)C2c4ccccc4C13c1ccccc12. The number of allylic oxidation sites excluding steroid dienone is 1. The molecule has 0 radical (unpaired) electrons. The molecule has 4 aromatic rings. The number of nitrogens with zero attached hydrogens (tertiary/aromatic N) is 1. The number of carbonyl (C=O) groups excluding carboxylic acids is 2. The summed E-state index contributed by atoms with van der Waals surface area (Å²) >= 11 is 0. The Labute approximate surface area is 209 Å². The number of hydrogen-bond acceptors (Lipinski definition) is 2. The van der Waals surface area contributed by atoms with E-state index < -0.39 is 10.8 Å². The Morgan fingerprint density at radius 2 is 1.17 bits per heavy atom. The Kier molecular flexibility index (Phi) is 3.72. The fourth-order valence-electron chi connectivity index (χ4n) is 7.71. The minimum absolute atomic E-state index is 0.0878. The lowest BCUT2D eigenvalue weighted by molar-refractivity contribution is -0.140. The van der Waals surface area contributed by atoms with Crippen LogP contribution in [0.25, 0.3) is 0 Å². The molecule has 4 aromatic carbocycles. The van der Waals surface area contributed by atoms with Crippen molar-refractivity contribution in [1.82, 2.24) is 4.90 Å². The average molecular weight is 466 g/mol. The van der Waals surface area contributed by atoms with Crippen LogP contribution >= 0.6 is 0 Å². The molecule has 1 aliphatic heterocycles. The van der Waals surface area contributed by atoms with Crippen molar-refractivity contribution in [2.45, 2.75) is 29.2 Å². The topological polar surface area (TPSA) is 37.4 Å². The largest absolute Gasteiger partial charge is 0.276 e. The predicted molar refractivity (Wildman–Crippen MR) is 138 cm³/mol. The second kappa shape index (κ2) is 6.70. The summed E-state index contributed by atoms with van der Waals surface area (Å²) in [5.41, 5.74) is 5.06. The van der Waals surface area contributed by atoms with E-state index in [9.17, 15) is 9.59 Å². The molecule has 1 fully saturated rings. The van der Waals surface area contributed by atoms with Crippen LogP contribution in [0.4, 0.5) is 0 Å². The summed E-state index contributed by atoms with van der Waals surface area (Å²) in [4.78, 5) is 31.3. The fourth-order valence-corrected chi connectivity index (χ4v) is 7.71. The molecular formula is C33H23NO2. The van der Waals surface area contributed by atoms with E-state index in [1.54, 1.807) is 0 Å². The van der Waals surface area contributed by atoms with Crippen molar-refractivity contribution in [3.05, 3.63) is 154 Å². The van der Waals surface area contributed by atoms with Gasteiger partial charge in [-0.15, -0.1) is 0 Å². The van der Waals surface area contributed by atoms with Crippen LogP contribution in [0.2, 0.25) is 0 Å². The Morgan fingerprint density at radius 3 is 1.83 bits per heavy atom. The third kappa shape index (κ3) is 2.04. The molecule has 1 heterocycles. The van der Waals surface area contributed by atoms with Crippen molar-refractivity contribution in [3.8, 4) is 0 Å². The number of rotatable bonds is 2. The van der Waals surface area contributed by atoms with Crippen molar-refractivity contribution >= 4 is 11.8 Å². The lowest BCUT2D eigenvalue weighted by Gasteiger charge is -2.53. The maximum atomic E-state index is 15.0. The van der Waals surface area contributed by atoms with Crippen LogP contribution in [0, 0.1) is 0 Å². The van der Waals surface area contributed by atoms with E-state index in [0.29, 0.717) is 0 Å². The molecule has 0 unspecified atom stereocenters. The molecule has 4 bridgehead atoms. The van der Waals surface area contributed by atoms with Crippen LogP contribution in [0.1, 0.15) is 50.8 Å². The number of carbonyl (C=O) groups is 2. The number of likely N-dealkylation sites (tertiary alicyclic amines) is 1. The zero-order valence-corrected chi connectivity index (χ0v) is 19.6. The Bertz CT molecular complexity index is 1590. The second-order valence-electron chi connectivity index (χ2n) is 10.4. The van der Waals surface area contributed by atoms with Crippen molar-refractivity contribution in [2.75, 3.05) is 0 Å². The summed E-state index contributed by atoms with van der Waals surface area (Å²) in [5.74, 6) is -0.0822. The van der Waals surface area contributed by atoms with Crippen LogP contribution < -0.4 is 0 Å². The van der Waals surface area contributed by atoms with Crippen LogP contribution in [0.3, 0.4) is 0 Å². The first-order valence-electron chi connectivity index (χ1n) is 12.6. The molecule has 2 spiro atoms. The van der Waals surface area contributed by atoms with Gasteiger partial charge in [0.1, 0.15) is 10.8 Å². The quantitative estimate of drug-likeness (QED) is 0.286. The first-order chi connectivity index (χ1) is 17.7. The van der Waals surface area contributed by atoms with Gasteiger partial charge in [0, 0.05) is 11.8 Å². The number of imide groups is 1. The summed E-state index contributed by atoms with van der Waals surface area (Å²) in [5, 5.41) is 0. The molecule has 0 N–H and O–H groups in total. The molecule has 0 aromatic heterocycles. The highest BCUT2D eigenvalue weighted by Crippen LogP contribution is 2.68. The van der Waals surface area contributed by atoms with Crippen LogP contribution in [-0.2, 0) is 27.0 Å². The molecule has 1 saturated heterocycles. The Hall–Kier alpha value is -4.24. The van der Waals surface area contributed by atoms with E-state index in [0.717, 1.165) is 38.9 Å². The monoisotopic (exact) mass is 465 g/mol. The van der Waals surface area contributed by atoms with Crippen molar-refractivity contribution < 1.29 is 9.59 Å². The van der Waals surface area contributed by atoms with Gasteiger partial charge >= 0.3 is 0 Å². The minimum Gasteiger partial charge on any atom is -0.276 e. The van der Waals surface area contributed by atoms with Crippen LogP contribution in [0.5, 0.6) is 0 Å². The zero-order chi connectivity index (χ0) is 24.1. The molecule has 2 amide bonds. The summed E-state index contributed by atoms with van der Waals surface area (Å²) in [7, 11) is 0. The molecule has 5 aliphatic rings. The molecule has 9 rings (SSSR count). The third-order valence-corrected chi connectivity index (χ3v) is 8.98. The van der Waals surface area contributed by atoms with Gasteiger partial charge in [0.05, 0.1) is 6.54 Å². The minimum atomic E-state index is -1.15. The smallest absolute Gasteiger partial charge is 0.246 e. The highest BCUT2D eigenvalue weighted by Gasteiger charge is 2.74. The van der Waals surface area contributed by atoms with Gasteiger partial charge in [0.25, 0.3) is 0 Å². The second-order valence-corrected chi connectivity index (χ2v) is 10.4. The van der Waals surface area contributed by atoms with Gasteiger partial charge in [-0.25, -0.2) is 0 Å². The fraction of sp³-hybridized carbons (Fsp3) is 0.152. The number of benzene rings is 4. The molecule has 36 heavy (non-hydrogen) atoms. The van der Waals surface area contributed by atoms with Crippen LogP contribution in [0.15, 0.2) is 115 Å². The highest BCUT2D eigenvalue weighted by atomic mass is 16.2. The van der Waals surface area contributed by atoms with Gasteiger partial charge < -0.3 is 0 Å². The van der Waals surface area contributed by atoms with E-state index in [2.05, 4.69) is 66.7 Å². The van der Waals surface area contributed by atoms with Gasteiger partial charge in [0.2, 0.25) is 11.8 Å². The van der Waals surface area contributed by atoms with Gasteiger partial charge in [0.15, 0.2) is 0 Å². The third-order valence-electron chi connectivity index (χ3n) is 8.98. The van der Waals surface area contributed by atoms with Crippen LogP contribution in [-0.4, -0.2) is 16.7 Å². The maximum Gasteiger partial charge on any atom is 0.246 e. The standard InChI is InChI=1S/C33H23NO2/c35-30-32-19-18-23(22-12-4-7-15-26(22)32)29-24-13-5-8-16-27(24)33(32,28-17-9-6-14-25(28)29)31(36)34(30)20-21-10-2-1-3-11-21/h1-19,23,29H,20H2/t23-,29?,32+,33?/m0/s1. The van der Waals surface area contributed by atoms with Crippen molar-refractivity contribution in [3.63, 3.8) is 0 Å². The summed E-state index contributed by atoms with van der Waals surface area (Å²) in [6.45, 7) is 0.259. The Balaban J connectivity index is 1.54. The lowest BCUT2D eigenvalue weighted by atomic mass is 9.45. The van der Waals surface area contributed by atoms with Gasteiger partial charge in [-0.2, -0.15) is 0 Å². The van der Waals surface area contributed by atoms with Gasteiger partial charge in [-0.05, 0) is 38.9 Å². The maximum absolute atomic E-state index is 15.0. The molecular weight excluding hydrogens is 442 g/mol. The van der Waals surface area contributed by atoms with Gasteiger partial charge in [-0.1, -0.05) is 115 Å². The first kappa shape index (κ1) is 20.0. The molecule has 3 heteroatoms. The van der Waals surface area contributed by atoms with E-state index in [1.807, 2.05) is 48.5 Å². The van der Waals surface area contributed by atoms with Crippen molar-refractivity contribution in [2.24, 2.45) is 0 Å². The van der Waals surface area contributed by atoms with E-state index in [-0.39, 0.29) is 30.2 Å². The zero-order valence-electron chi connectivity index (χ0n) is 19.6. The molecule has 172 valence electrons. The summed E-state index contributed by atoms with van der Waals surface area (Å²) < 4.78 is 0. The first-order valence-corrected chi connectivity index (χ1v) is 12.6. The summed E-state index contributed by atoms with van der Waals surface area (Å²) in [6.07, 6.45) is 4.30. The van der Waals surface area contributed by atoms with E-state index in [4.69, 9.17) is 0 Å². The highest BCUT2D eigenvalue weighted by molar-refractivity contribution is 6.20. The van der Waals surface area contributed by atoms with E-state index in [1.165, 1.54) is 4.90 Å². The van der Waals surface area contributed by atoms with Gasteiger partial charge in [-0.3, -0.25) is 14.5 Å². The lowest BCUT2D eigenvalue weighted by Crippen LogP contribution is -2.57. The Morgan fingerprint density at radius 1 is 0.611 bits per heavy atom. The molecule has 0 saturated carbocycles. The molecule has 3 nitrogen and oxygen atoms in total. The number of amides is 2. The number of hydrogen-bond donors (Lipinski definition) is 0. The average Bonchev–Trinajstić information content (AvgIpc) is 3.08. The summed E-state index contributed by atoms with van der Waals surface area (Å²) in [6, 6.07) is 34.8. The van der Waals surface area contributed by atoms with E-state index >= 15 is 0 Å². The molecule has 2 atom stereocenters. The predicted octanol–water partition coefficient (Wildman–Crippen LogP) is 5.59. The normalized spacial score (nSPS) is 28.3.